The standard InChI is InChI=1S/C26H27ClFN5O4/c1-3-24(34)32-22-13-18-21(29-15-30-25(18)31-17-6-7-20(28)19(27)12-17)14-23(22)36-10-5-4-8-33-9-11-37-26(35)16(33)2/h3,6-7,12-16H,1,4-5,8-11H2,2H3,(H,32,34)(H,29,30,31)/t16-/m0/s1. The van der Waals surface area contributed by atoms with Crippen LogP contribution >= 0.6 is 11.6 Å². The highest BCUT2D eigenvalue weighted by atomic mass is 35.5. The lowest BCUT2D eigenvalue weighted by atomic mass is 10.1. The zero-order valence-electron chi connectivity index (χ0n) is 20.3. The first-order valence-corrected chi connectivity index (χ1v) is 12.2. The van der Waals surface area contributed by atoms with Gasteiger partial charge in [0.2, 0.25) is 5.91 Å². The number of amides is 1. The van der Waals surface area contributed by atoms with Gasteiger partial charge < -0.3 is 20.1 Å². The molecule has 1 fully saturated rings. The second kappa shape index (κ2) is 12.0. The van der Waals surface area contributed by atoms with Crippen molar-refractivity contribution in [2.24, 2.45) is 0 Å². The molecule has 3 aromatic rings. The first-order valence-electron chi connectivity index (χ1n) is 11.8. The van der Waals surface area contributed by atoms with E-state index in [9.17, 15) is 14.0 Å². The van der Waals surface area contributed by atoms with E-state index in [4.69, 9.17) is 21.1 Å². The summed E-state index contributed by atoms with van der Waals surface area (Å²) in [7, 11) is 0. The van der Waals surface area contributed by atoms with E-state index >= 15 is 0 Å². The maximum Gasteiger partial charge on any atom is 0.323 e. The van der Waals surface area contributed by atoms with Crippen LogP contribution in [0.25, 0.3) is 10.9 Å². The van der Waals surface area contributed by atoms with Crippen LogP contribution < -0.4 is 15.4 Å². The number of carbonyl (C=O) groups is 2. The number of aromatic nitrogens is 2. The van der Waals surface area contributed by atoms with Crippen LogP contribution in [0.15, 0.2) is 49.3 Å². The Kier molecular flexibility index (Phi) is 8.52. The second-order valence-electron chi connectivity index (χ2n) is 8.47. The Morgan fingerprint density at radius 2 is 2.16 bits per heavy atom. The van der Waals surface area contributed by atoms with Gasteiger partial charge in [0.15, 0.2) is 0 Å². The molecule has 0 bridgehead atoms. The largest absolute Gasteiger partial charge is 0.491 e. The molecule has 1 aliphatic heterocycles. The zero-order valence-corrected chi connectivity index (χ0v) is 21.1. The molecule has 1 saturated heterocycles. The predicted octanol–water partition coefficient (Wildman–Crippen LogP) is 4.70. The lowest BCUT2D eigenvalue weighted by Crippen LogP contribution is -2.47. The zero-order chi connectivity index (χ0) is 26.4. The van der Waals surface area contributed by atoms with E-state index in [1.807, 2.05) is 6.92 Å². The summed E-state index contributed by atoms with van der Waals surface area (Å²) in [5, 5.41) is 6.47. The third-order valence-electron chi connectivity index (χ3n) is 5.97. The third kappa shape index (κ3) is 6.52. The number of cyclic esters (lactones) is 1. The Bertz CT molecular complexity index is 1320. The first kappa shape index (κ1) is 26.3. The molecule has 194 valence electrons. The smallest absolute Gasteiger partial charge is 0.323 e. The average Bonchev–Trinajstić information content (AvgIpc) is 2.88. The molecule has 9 nitrogen and oxygen atoms in total. The van der Waals surface area contributed by atoms with Gasteiger partial charge in [0.1, 0.15) is 36.4 Å². The summed E-state index contributed by atoms with van der Waals surface area (Å²) in [6.45, 7) is 7.64. The van der Waals surface area contributed by atoms with Gasteiger partial charge in [0.25, 0.3) is 0 Å². The van der Waals surface area contributed by atoms with E-state index in [2.05, 4.69) is 32.1 Å². The van der Waals surface area contributed by atoms with Crippen molar-refractivity contribution >= 4 is 51.6 Å². The molecule has 1 aliphatic rings. The number of halogens is 2. The number of esters is 1. The molecule has 0 unspecified atom stereocenters. The van der Waals surface area contributed by atoms with E-state index < -0.39 is 11.7 Å². The van der Waals surface area contributed by atoms with Crippen LogP contribution in [0.4, 0.5) is 21.6 Å². The number of rotatable bonds is 10. The van der Waals surface area contributed by atoms with E-state index in [0.29, 0.717) is 47.1 Å². The van der Waals surface area contributed by atoms with Gasteiger partial charge in [-0.3, -0.25) is 14.5 Å². The number of nitrogens with zero attached hydrogens (tertiary/aromatic N) is 3. The number of carbonyl (C=O) groups excluding carboxylic acids is 2. The molecule has 4 rings (SSSR count). The Labute approximate surface area is 218 Å². The molecule has 0 spiro atoms. The summed E-state index contributed by atoms with van der Waals surface area (Å²) >= 11 is 5.90. The van der Waals surface area contributed by atoms with Crippen molar-refractivity contribution in [1.29, 1.82) is 0 Å². The number of morpholine rings is 1. The summed E-state index contributed by atoms with van der Waals surface area (Å²) in [6.07, 6.45) is 4.13. The van der Waals surface area contributed by atoms with Crippen molar-refractivity contribution in [2.75, 3.05) is 36.9 Å². The number of hydrogen-bond donors (Lipinski definition) is 2. The fourth-order valence-electron chi connectivity index (χ4n) is 3.93. The molecular weight excluding hydrogens is 501 g/mol. The SMILES string of the molecule is C=CC(=O)Nc1cc2c(Nc3ccc(F)c(Cl)c3)ncnc2cc1OCCCCN1CCOC(=O)[C@@H]1C. The highest BCUT2D eigenvalue weighted by Gasteiger charge is 2.26. The van der Waals surface area contributed by atoms with Crippen LogP contribution in [0, 0.1) is 5.82 Å². The molecule has 2 aromatic carbocycles. The van der Waals surface area contributed by atoms with Gasteiger partial charge in [-0.15, -0.1) is 0 Å². The lowest BCUT2D eigenvalue weighted by Gasteiger charge is -2.31. The highest BCUT2D eigenvalue weighted by Crippen LogP contribution is 2.34. The van der Waals surface area contributed by atoms with Gasteiger partial charge in [-0.2, -0.15) is 0 Å². The molecule has 1 aromatic heterocycles. The number of hydrogen-bond acceptors (Lipinski definition) is 8. The van der Waals surface area contributed by atoms with Crippen molar-refractivity contribution in [3.63, 3.8) is 0 Å². The fourth-order valence-corrected chi connectivity index (χ4v) is 4.11. The highest BCUT2D eigenvalue weighted by molar-refractivity contribution is 6.31. The minimum absolute atomic E-state index is 0.0207. The number of fused-ring (bicyclic) bond motifs is 1. The monoisotopic (exact) mass is 527 g/mol. The summed E-state index contributed by atoms with van der Waals surface area (Å²) in [4.78, 5) is 34.6. The molecule has 11 heteroatoms. The van der Waals surface area contributed by atoms with Gasteiger partial charge >= 0.3 is 5.97 Å². The van der Waals surface area contributed by atoms with Crippen molar-refractivity contribution in [3.8, 4) is 5.75 Å². The Morgan fingerprint density at radius 1 is 1.32 bits per heavy atom. The molecule has 2 N–H and O–H groups in total. The number of unbranched alkanes of at least 4 members (excludes halogenated alkanes) is 1. The van der Waals surface area contributed by atoms with Crippen molar-refractivity contribution < 1.29 is 23.5 Å². The summed E-state index contributed by atoms with van der Waals surface area (Å²) in [5.74, 6) is -0.218. The Balaban J connectivity index is 1.49. The fraction of sp³-hybridized carbons (Fsp3) is 0.308. The van der Waals surface area contributed by atoms with Gasteiger partial charge in [0.05, 0.1) is 22.8 Å². The van der Waals surface area contributed by atoms with Crippen LogP contribution in [0.5, 0.6) is 5.75 Å². The first-order chi connectivity index (χ1) is 17.9. The van der Waals surface area contributed by atoms with Crippen molar-refractivity contribution in [1.82, 2.24) is 14.9 Å². The maximum atomic E-state index is 13.6. The molecule has 1 amide bonds. The van der Waals surface area contributed by atoms with Gasteiger partial charge in [0, 0.05) is 23.7 Å². The minimum atomic E-state index is -0.524. The summed E-state index contributed by atoms with van der Waals surface area (Å²) < 4.78 is 24.6. The number of benzene rings is 2. The molecule has 0 saturated carbocycles. The molecule has 37 heavy (non-hydrogen) atoms. The molecule has 0 aliphatic carbocycles. The van der Waals surface area contributed by atoms with Gasteiger partial charge in [-0.1, -0.05) is 18.2 Å². The normalized spacial score (nSPS) is 15.8. The van der Waals surface area contributed by atoms with Crippen LogP contribution in [0.2, 0.25) is 5.02 Å². The molecule has 2 heterocycles. The predicted molar refractivity (Wildman–Crippen MR) is 140 cm³/mol. The van der Waals surface area contributed by atoms with Gasteiger partial charge in [-0.25, -0.2) is 14.4 Å². The van der Waals surface area contributed by atoms with Crippen LogP contribution in [-0.2, 0) is 14.3 Å². The number of anilines is 3. The molecular formula is C26H27ClFN5O4. The van der Waals surface area contributed by atoms with Crippen molar-refractivity contribution in [3.05, 3.63) is 60.2 Å². The van der Waals surface area contributed by atoms with E-state index in [-0.39, 0.29) is 17.0 Å². The van der Waals surface area contributed by atoms with Gasteiger partial charge in [-0.05, 0) is 56.7 Å². The Morgan fingerprint density at radius 3 is 2.95 bits per heavy atom. The van der Waals surface area contributed by atoms with Crippen LogP contribution in [0.1, 0.15) is 19.8 Å². The van der Waals surface area contributed by atoms with Crippen LogP contribution in [0.3, 0.4) is 0 Å². The number of nitrogens with one attached hydrogen (secondary N) is 2. The lowest BCUT2D eigenvalue weighted by molar-refractivity contribution is -0.156. The van der Waals surface area contributed by atoms with Crippen LogP contribution in [-0.4, -0.2) is 59.1 Å². The second-order valence-corrected chi connectivity index (χ2v) is 8.88. The number of ether oxygens (including phenoxy) is 2. The topological polar surface area (TPSA) is 106 Å². The third-order valence-corrected chi connectivity index (χ3v) is 6.26. The Hall–Kier alpha value is -3.76. The van der Waals surface area contributed by atoms with E-state index in [1.165, 1.54) is 24.5 Å². The molecule has 0 radical (unpaired) electrons. The average molecular weight is 528 g/mol. The van der Waals surface area contributed by atoms with E-state index in [0.717, 1.165) is 25.9 Å². The molecule has 1 atom stereocenters. The van der Waals surface area contributed by atoms with Crippen molar-refractivity contribution in [2.45, 2.75) is 25.8 Å². The summed E-state index contributed by atoms with van der Waals surface area (Å²) in [6, 6.07) is 7.44. The quantitative estimate of drug-likeness (QED) is 0.222. The summed E-state index contributed by atoms with van der Waals surface area (Å²) in [5.41, 5.74) is 1.55. The maximum absolute atomic E-state index is 13.6. The minimum Gasteiger partial charge on any atom is -0.491 e. The van der Waals surface area contributed by atoms with E-state index in [1.54, 1.807) is 18.2 Å².